The molecule has 32 heavy (non-hydrogen) atoms. The Morgan fingerprint density at radius 1 is 0.844 bits per heavy atom. The molecule has 0 aliphatic heterocycles. The average Bonchev–Trinajstić information content (AvgIpc) is 3.49. The number of hydrogen-bond acceptors (Lipinski definition) is 0. The van der Waals surface area contributed by atoms with Crippen molar-refractivity contribution in [3.05, 3.63) is 83.0 Å². The molecule has 3 aliphatic carbocycles. The summed E-state index contributed by atoms with van der Waals surface area (Å²) in [5.41, 5.74) is 8.76. The van der Waals surface area contributed by atoms with Crippen molar-refractivity contribution < 1.29 is 24.2 Å². The van der Waals surface area contributed by atoms with Gasteiger partial charge in [-0.2, -0.15) is 35.4 Å². The Hall–Kier alpha value is -1.33. The molecule has 2 aromatic carbocycles. The summed E-state index contributed by atoms with van der Waals surface area (Å²) in [7, 11) is 0. The van der Waals surface area contributed by atoms with Gasteiger partial charge in [-0.05, 0) is 17.4 Å². The van der Waals surface area contributed by atoms with Crippen molar-refractivity contribution in [3.63, 3.8) is 0 Å². The van der Waals surface area contributed by atoms with Gasteiger partial charge < -0.3 is 0 Å². The van der Waals surface area contributed by atoms with Crippen molar-refractivity contribution >= 4 is 3.21 Å². The van der Waals surface area contributed by atoms with Gasteiger partial charge in [0.1, 0.15) is 0 Å². The van der Waals surface area contributed by atoms with Crippen molar-refractivity contribution in [1.82, 2.24) is 0 Å². The predicted molar refractivity (Wildman–Crippen MR) is 136 cm³/mol. The molecule has 0 nitrogen and oxygen atoms in total. The molecule has 1 heteroatoms. The van der Waals surface area contributed by atoms with Gasteiger partial charge in [0.15, 0.2) is 0 Å². The maximum atomic E-state index is 3.53. The third kappa shape index (κ3) is 6.84. The topological polar surface area (TPSA) is 0 Å². The van der Waals surface area contributed by atoms with Crippen LogP contribution in [0.3, 0.4) is 0 Å². The van der Waals surface area contributed by atoms with Crippen molar-refractivity contribution in [2.75, 3.05) is 0 Å². The summed E-state index contributed by atoms with van der Waals surface area (Å²) in [6, 6.07) is 15.1. The van der Waals surface area contributed by atoms with E-state index in [0.29, 0.717) is 0 Å². The number of benzene rings is 2. The van der Waals surface area contributed by atoms with E-state index in [1.807, 2.05) is 12.2 Å². The fourth-order valence-corrected chi connectivity index (χ4v) is 5.00. The van der Waals surface area contributed by atoms with E-state index in [-0.39, 0.29) is 10.8 Å². The number of fused-ring (bicyclic) bond motifs is 3. The quantitative estimate of drug-likeness (QED) is 0.272. The van der Waals surface area contributed by atoms with E-state index in [0.717, 1.165) is 12.8 Å². The Morgan fingerprint density at radius 2 is 1.50 bits per heavy atom. The van der Waals surface area contributed by atoms with E-state index < -0.39 is 0 Å². The molecule has 0 radical (unpaired) electrons. The first-order chi connectivity index (χ1) is 15.1. The van der Waals surface area contributed by atoms with Gasteiger partial charge in [0.05, 0.1) is 0 Å². The van der Waals surface area contributed by atoms with Crippen molar-refractivity contribution in [2.45, 2.75) is 90.9 Å². The molecule has 0 saturated heterocycles. The summed E-state index contributed by atoms with van der Waals surface area (Å²) < 4.78 is 1.79. The van der Waals surface area contributed by atoms with Gasteiger partial charge in [0, 0.05) is 0 Å². The summed E-state index contributed by atoms with van der Waals surface area (Å²) in [6.07, 6.45) is 16.9. The average molecular weight is 502 g/mol. The molecule has 166 valence electrons. The summed E-state index contributed by atoms with van der Waals surface area (Å²) >= 11 is 1.68. The van der Waals surface area contributed by atoms with Gasteiger partial charge in [0.25, 0.3) is 0 Å². The molecule has 2 aromatic rings. The molecule has 1 fully saturated rings. The van der Waals surface area contributed by atoms with Crippen LogP contribution in [-0.4, -0.2) is 3.21 Å². The molecule has 0 spiro atoms. The minimum atomic E-state index is 0.177. The molecule has 0 bridgehead atoms. The Kier molecular flexibility index (Phi) is 8.49. The van der Waals surface area contributed by atoms with Crippen LogP contribution in [0.25, 0.3) is 11.1 Å². The molecule has 0 aromatic heterocycles. The van der Waals surface area contributed by atoms with Crippen LogP contribution in [0, 0.1) is 12.1 Å². The van der Waals surface area contributed by atoms with Crippen LogP contribution < -0.4 is 0 Å². The molecule has 5 rings (SSSR count). The van der Waals surface area contributed by atoms with Gasteiger partial charge in [-0.15, -0.1) is 12.0 Å². The first-order valence-corrected chi connectivity index (χ1v) is 13.3. The molecular weight excluding hydrogens is 464 g/mol. The van der Waals surface area contributed by atoms with E-state index in [1.165, 1.54) is 59.1 Å². The normalized spacial score (nSPS) is 16.2. The van der Waals surface area contributed by atoms with Gasteiger partial charge >= 0.3 is 53.1 Å². The van der Waals surface area contributed by atoms with Crippen LogP contribution >= 0.6 is 0 Å². The molecule has 1 saturated carbocycles. The van der Waals surface area contributed by atoms with Crippen molar-refractivity contribution in [3.8, 4) is 11.1 Å². The van der Waals surface area contributed by atoms with Gasteiger partial charge in [-0.3, -0.25) is 6.08 Å². The molecule has 0 heterocycles. The Bertz CT molecular complexity index is 926. The summed E-state index contributed by atoms with van der Waals surface area (Å²) in [5, 5.41) is 0. The zero-order chi connectivity index (χ0) is 23.4. The monoisotopic (exact) mass is 500 g/mol. The van der Waals surface area contributed by atoms with Crippen molar-refractivity contribution in [2.24, 2.45) is 0 Å². The second-order valence-corrected chi connectivity index (χ2v) is 12.9. The summed E-state index contributed by atoms with van der Waals surface area (Å²) in [6.45, 7) is 13.6. The standard InChI is InChI=1S/C21H25.C5H8.C5H5.Zr/c1-20(2,3)16-9-7-14-11-15-8-10-17(21(4,5)6)13-19(15)18(14)12-16;2*1-2-4-5-3-1;/h7,9-10,12-13H,11H2,1-6H3;1-4H2;1-3H,4H2;/q-1;;-1;+2. The first kappa shape index (κ1) is 25.3. The zero-order valence-corrected chi connectivity index (χ0v) is 23.3. The molecule has 0 amide bonds. The van der Waals surface area contributed by atoms with Crippen LogP contribution in [0.4, 0.5) is 0 Å². The van der Waals surface area contributed by atoms with Crippen LogP contribution in [0.5, 0.6) is 0 Å². The predicted octanol–water partition coefficient (Wildman–Crippen LogP) is 8.24. The van der Waals surface area contributed by atoms with E-state index in [2.05, 4.69) is 90.1 Å². The van der Waals surface area contributed by atoms with E-state index in [4.69, 9.17) is 0 Å². The number of rotatable bonds is 0. The fraction of sp³-hybridized carbons (Fsp3) is 0.452. The number of hydrogen-bond donors (Lipinski definition) is 0. The number of allylic oxidation sites excluding steroid dienone is 4. The second-order valence-electron chi connectivity index (χ2n) is 11.1. The molecule has 0 atom stereocenters. The van der Waals surface area contributed by atoms with Gasteiger partial charge in [0.2, 0.25) is 0 Å². The van der Waals surface area contributed by atoms with Gasteiger partial charge in [-0.1, -0.05) is 76.3 Å². The third-order valence-corrected chi connectivity index (χ3v) is 7.55. The zero-order valence-electron chi connectivity index (χ0n) is 20.9. The van der Waals surface area contributed by atoms with Gasteiger partial charge in [-0.25, -0.2) is 12.2 Å². The Balaban J connectivity index is 0.000000213. The van der Waals surface area contributed by atoms with Crippen molar-refractivity contribution in [1.29, 1.82) is 0 Å². The SMILES string of the molecule is CC(C)(C)c1c[c-]c2c(c1)-c1cc(C(C)(C)C)ccc1C2.[C-]1=CC=CC1.[Zr+2]=[C]1CCCC1. The van der Waals surface area contributed by atoms with Crippen LogP contribution in [0.2, 0.25) is 0 Å². The van der Waals surface area contributed by atoms with Crippen LogP contribution in [0.1, 0.15) is 95.9 Å². The third-order valence-electron chi connectivity index (χ3n) is 6.32. The van der Waals surface area contributed by atoms with E-state index in [9.17, 15) is 0 Å². The Labute approximate surface area is 211 Å². The molecular formula is C31H38Zr. The molecule has 0 unspecified atom stereocenters. The van der Waals surface area contributed by atoms with Crippen LogP contribution in [0.15, 0.2) is 48.6 Å². The maximum absolute atomic E-state index is 3.53. The Morgan fingerprint density at radius 3 is 1.97 bits per heavy atom. The molecule has 3 aliphatic rings. The fourth-order valence-electron chi connectivity index (χ4n) is 4.13. The van der Waals surface area contributed by atoms with E-state index in [1.54, 1.807) is 27.4 Å². The second kappa shape index (κ2) is 10.7. The van der Waals surface area contributed by atoms with E-state index >= 15 is 0 Å². The summed E-state index contributed by atoms with van der Waals surface area (Å²) in [4.78, 5) is 0. The van der Waals surface area contributed by atoms with Crippen LogP contribution in [-0.2, 0) is 41.5 Å². The molecule has 0 N–H and O–H groups in total. The first-order valence-electron chi connectivity index (χ1n) is 12.0. The minimum absolute atomic E-state index is 0.177. The summed E-state index contributed by atoms with van der Waals surface area (Å²) in [5.74, 6) is 0.